The van der Waals surface area contributed by atoms with Gasteiger partial charge in [0.05, 0.1) is 23.4 Å². The Labute approximate surface area is 210 Å². The number of aromatic nitrogens is 2. The van der Waals surface area contributed by atoms with Crippen molar-refractivity contribution in [2.24, 2.45) is 5.92 Å². The molecule has 0 fully saturated rings. The number of ether oxygens (including phenoxy) is 2. The molecule has 188 valence electrons. The van der Waals surface area contributed by atoms with Gasteiger partial charge in [0, 0.05) is 39.6 Å². The number of Topliss-reactive ketones (excluding diaryl/α,β-unsaturated/α-hetero) is 1. The molecule has 4 heterocycles. The number of pyridine rings is 2. The molecule has 0 spiro atoms. The summed E-state index contributed by atoms with van der Waals surface area (Å²) in [5.74, 6) is 1.69. The van der Waals surface area contributed by atoms with E-state index in [9.17, 15) is 14.7 Å². The summed E-state index contributed by atoms with van der Waals surface area (Å²) in [6, 6.07) is 1.85. The van der Waals surface area contributed by atoms with Gasteiger partial charge in [-0.25, -0.2) is 4.98 Å². The van der Waals surface area contributed by atoms with E-state index in [1.807, 2.05) is 13.0 Å². The maximum Gasteiger partial charge on any atom is 0.254 e. The number of aryl methyl sites for hydroxylation is 2. The molecule has 0 radical (unpaired) electrons. The van der Waals surface area contributed by atoms with Gasteiger partial charge < -0.3 is 19.1 Å². The zero-order chi connectivity index (χ0) is 25.5. The van der Waals surface area contributed by atoms with Gasteiger partial charge in [-0.2, -0.15) is 0 Å². The highest BCUT2D eigenvalue weighted by atomic mass is 16.6. The van der Waals surface area contributed by atoms with Crippen molar-refractivity contribution in [3.63, 3.8) is 0 Å². The summed E-state index contributed by atoms with van der Waals surface area (Å²) in [5.41, 5.74) is 5.71. The van der Waals surface area contributed by atoms with Crippen molar-refractivity contribution in [2.75, 3.05) is 13.2 Å². The van der Waals surface area contributed by atoms with E-state index in [4.69, 9.17) is 14.5 Å². The largest absolute Gasteiger partial charge is 0.486 e. The molecule has 0 amide bonds. The quantitative estimate of drug-likeness (QED) is 0.467. The number of rotatable bonds is 3. The standard InChI is InChI=1S/C29H32N2O5/c1-6-29(34)20-12-21-25-19(13-31(21)28(33)17(20)7-8-22(29)32)18(11-14(2)3)23-15(4)26-27(36-10-9-35-26)16(5)24(23)30-25/h12,14,34H,6-11,13H2,1-5H3/t29-/m0/s1. The normalized spacial score (nSPS) is 20.0. The Morgan fingerprint density at radius 2 is 1.78 bits per heavy atom. The first-order chi connectivity index (χ1) is 17.2. The third-order valence-corrected chi connectivity index (χ3v) is 8.20. The predicted octanol–water partition coefficient (Wildman–Crippen LogP) is 4.12. The van der Waals surface area contributed by atoms with Gasteiger partial charge in [-0.3, -0.25) is 9.59 Å². The Bertz CT molecular complexity index is 1530. The molecule has 1 N–H and O–H groups in total. The second-order valence-electron chi connectivity index (χ2n) is 10.8. The highest BCUT2D eigenvalue weighted by Gasteiger charge is 2.43. The second kappa shape index (κ2) is 7.90. The molecule has 3 aliphatic rings. The van der Waals surface area contributed by atoms with E-state index in [2.05, 4.69) is 20.8 Å². The van der Waals surface area contributed by atoms with Crippen LogP contribution in [0.25, 0.3) is 22.3 Å². The second-order valence-corrected chi connectivity index (χ2v) is 10.8. The van der Waals surface area contributed by atoms with Crippen LogP contribution in [-0.2, 0) is 29.8 Å². The van der Waals surface area contributed by atoms with Crippen molar-refractivity contribution in [3.8, 4) is 22.9 Å². The lowest BCUT2D eigenvalue weighted by Crippen LogP contribution is -2.43. The molecule has 36 heavy (non-hydrogen) atoms. The maximum atomic E-state index is 13.7. The lowest BCUT2D eigenvalue weighted by atomic mass is 9.77. The number of carbonyl (C=O) groups is 1. The van der Waals surface area contributed by atoms with Gasteiger partial charge >= 0.3 is 0 Å². The smallest absolute Gasteiger partial charge is 0.254 e. The maximum absolute atomic E-state index is 13.7. The minimum absolute atomic E-state index is 0.126. The van der Waals surface area contributed by atoms with Crippen molar-refractivity contribution in [1.82, 2.24) is 9.55 Å². The average molecular weight is 489 g/mol. The summed E-state index contributed by atoms with van der Waals surface area (Å²) in [4.78, 5) is 31.6. The molecule has 0 saturated carbocycles. The molecular formula is C29H32N2O5. The van der Waals surface area contributed by atoms with Crippen LogP contribution < -0.4 is 15.0 Å². The van der Waals surface area contributed by atoms with E-state index in [1.165, 1.54) is 5.56 Å². The van der Waals surface area contributed by atoms with Crippen molar-refractivity contribution < 1.29 is 19.4 Å². The van der Waals surface area contributed by atoms with Gasteiger partial charge in [-0.1, -0.05) is 20.8 Å². The molecule has 2 aliphatic heterocycles. The van der Waals surface area contributed by atoms with E-state index in [0.29, 0.717) is 48.9 Å². The monoisotopic (exact) mass is 488 g/mol. The van der Waals surface area contributed by atoms with E-state index in [0.717, 1.165) is 51.2 Å². The van der Waals surface area contributed by atoms with Crippen LogP contribution in [0.2, 0.25) is 0 Å². The number of hydrogen-bond acceptors (Lipinski definition) is 6. The van der Waals surface area contributed by atoms with E-state index in [-0.39, 0.29) is 24.2 Å². The Balaban J connectivity index is 1.70. The summed E-state index contributed by atoms with van der Waals surface area (Å²) >= 11 is 0. The lowest BCUT2D eigenvalue weighted by molar-refractivity contribution is -0.140. The third-order valence-electron chi connectivity index (χ3n) is 8.20. The molecule has 7 heteroatoms. The molecule has 1 aliphatic carbocycles. The molecule has 1 aromatic carbocycles. The first-order valence-corrected chi connectivity index (χ1v) is 12.9. The zero-order valence-electron chi connectivity index (χ0n) is 21.6. The fourth-order valence-corrected chi connectivity index (χ4v) is 6.35. The first-order valence-electron chi connectivity index (χ1n) is 12.9. The van der Waals surface area contributed by atoms with E-state index >= 15 is 0 Å². The summed E-state index contributed by atoms with van der Waals surface area (Å²) < 4.78 is 13.8. The van der Waals surface area contributed by atoms with E-state index in [1.54, 1.807) is 11.5 Å². The van der Waals surface area contributed by atoms with Gasteiger partial charge in [0.15, 0.2) is 17.3 Å². The number of carbonyl (C=O) groups excluding carboxylic acids is 1. The average Bonchev–Trinajstić information content (AvgIpc) is 3.24. The number of hydrogen-bond donors (Lipinski definition) is 1. The summed E-state index contributed by atoms with van der Waals surface area (Å²) in [5, 5.41) is 12.4. The summed E-state index contributed by atoms with van der Waals surface area (Å²) in [7, 11) is 0. The van der Waals surface area contributed by atoms with Crippen LogP contribution >= 0.6 is 0 Å². The molecule has 2 aromatic heterocycles. The number of ketones is 1. The Hall–Kier alpha value is -3.19. The zero-order valence-corrected chi connectivity index (χ0v) is 21.6. The molecule has 3 aromatic rings. The molecule has 6 rings (SSSR count). The third kappa shape index (κ3) is 2.98. The Kier molecular flexibility index (Phi) is 5.10. The molecule has 0 saturated heterocycles. The fourth-order valence-electron chi connectivity index (χ4n) is 6.35. The SMILES string of the molecule is CC[C@@]1(O)C(=O)CCc2c1cc1n(c2=O)Cc2c-1nc1c(C)c3c(c(C)c1c2CC(C)C)OCCO3. The Morgan fingerprint density at radius 1 is 1.08 bits per heavy atom. The van der Waals surface area contributed by atoms with Gasteiger partial charge in [0.25, 0.3) is 5.56 Å². The van der Waals surface area contributed by atoms with Gasteiger partial charge in [-0.15, -0.1) is 0 Å². The van der Waals surface area contributed by atoms with Crippen LogP contribution in [0.3, 0.4) is 0 Å². The van der Waals surface area contributed by atoms with Crippen molar-refractivity contribution >= 4 is 16.7 Å². The van der Waals surface area contributed by atoms with Gasteiger partial charge in [0.2, 0.25) is 0 Å². The van der Waals surface area contributed by atoms with Crippen molar-refractivity contribution in [3.05, 3.63) is 49.8 Å². The molecule has 0 bridgehead atoms. The van der Waals surface area contributed by atoms with Crippen LogP contribution in [0.5, 0.6) is 11.5 Å². The van der Waals surface area contributed by atoms with Crippen molar-refractivity contribution in [2.45, 2.75) is 72.4 Å². The van der Waals surface area contributed by atoms with Crippen LogP contribution in [0.15, 0.2) is 10.9 Å². The fraction of sp³-hybridized carbons (Fsp3) is 0.483. The minimum Gasteiger partial charge on any atom is -0.486 e. The molecule has 1 atom stereocenters. The highest BCUT2D eigenvalue weighted by Crippen LogP contribution is 2.47. The minimum atomic E-state index is -1.63. The molecular weight excluding hydrogens is 456 g/mol. The first kappa shape index (κ1) is 23.2. The lowest BCUT2D eigenvalue weighted by Gasteiger charge is -2.32. The summed E-state index contributed by atoms with van der Waals surface area (Å²) in [6.07, 6.45) is 1.62. The number of nitrogens with zero attached hydrogens (tertiary/aromatic N) is 2. The Morgan fingerprint density at radius 3 is 2.44 bits per heavy atom. The van der Waals surface area contributed by atoms with Crippen LogP contribution in [-0.4, -0.2) is 33.7 Å². The molecule has 7 nitrogen and oxygen atoms in total. The van der Waals surface area contributed by atoms with Crippen molar-refractivity contribution in [1.29, 1.82) is 0 Å². The topological polar surface area (TPSA) is 90.7 Å². The van der Waals surface area contributed by atoms with Gasteiger partial charge in [0.1, 0.15) is 18.8 Å². The number of aliphatic hydroxyl groups is 1. The van der Waals surface area contributed by atoms with Crippen LogP contribution in [0.4, 0.5) is 0 Å². The summed E-state index contributed by atoms with van der Waals surface area (Å²) in [6.45, 7) is 11.7. The van der Waals surface area contributed by atoms with Crippen LogP contribution in [0, 0.1) is 19.8 Å². The van der Waals surface area contributed by atoms with E-state index < -0.39 is 5.60 Å². The molecule has 0 unspecified atom stereocenters. The van der Waals surface area contributed by atoms with Gasteiger partial charge in [-0.05, 0) is 50.7 Å². The number of benzene rings is 1. The number of fused-ring (bicyclic) bond motifs is 6. The predicted molar refractivity (Wildman–Crippen MR) is 137 cm³/mol. The van der Waals surface area contributed by atoms with Crippen LogP contribution in [0.1, 0.15) is 67.0 Å². The highest BCUT2D eigenvalue weighted by molar-refractivity contribution is 5.96.